The highest BCUT2D eigenvalue weighted by atomic mass is 16.5. The monoisotopic (exact) mass is 448 g/mol. The van der Waals surface area contributed by atoms with Crippen molar-refractivity contribution in [3.05, 3.63) is 69.1 Å². The van der Waals surface area contributed by atoms with Gasteiger partial charge in [0.1, 0.15) is 29.7 Å². The summed E-state index contributed by atoms with van der Waals surface area (Å²) in [5.74, 6) is 0.735. The lowest BCUT2D eigenvalue weighted by atomic mass is 10.0. The number of ether oxygens (including phenoxy) is 3. The fourth-order valence-corrected chi connectivity index (χ4v) is 3.51. The number of nitrogens with one attached hydrogen (secondary N) is 1. The number of hydrazone groups is 1. The van der Waals surface area contributed by atoms with E-state index in [1.807, 2.05) is 36.4 Å². The maximum atomic E-state index is 12.7. The number of methoxy groups -OCH3 is 3. The molecule has 0 unspecified atom stereocenters. The number of carbonyl (C=O) groups excluding carboxylic acids is 1. The minimum atomic E-state index is -0.550. The third-order valence-electron chi connectivity index (χ3n) is 5.14. The van der Waals surface area contributed by atoms with Gasteiger partial charge in [0.15, 0.2) is 0 Å². The lowest BCUT2D eigenvalue weighted by Crippen LogP contribution is -2.33. The van der Waals surface area contributed by atoms with Crippen molar-refractivity contribution in [2.45, 2.75) is 20.1 Å². The topological polar surface area (TPSA) is 115 Å². The highest BCUT2D eigenvalue weighted by molar-refractivity contribution is 6.03. The standard InChI is InChI=1S/C24H24N4O5/c1-15-9-17(14-31-2)20(11-25)24(30)28(15)13-23(29)27-26-12-21-19-10-18(32-3)7-5-16(19)6-8-22(21)33-4/h5-10,12H,13-14H2,1-4H3,(H,27,29)/b26-12-. The molecule has 1 N–H and O–H groups in total. The van der Waals surface area contributed by atoms with Gasteiger partial charge in [-0.2, -0.15) is 10.4 Å². The summed E-state index contributed by atoms with van der Waals surface area (Å²) in [6, 6.07) is 12.9. The van der Waals surface area contributed by atoms with Crippen LogP contribution >= 0.6 is 0 Å². The quantitative estimate of drug-likeness (QED) is 0.418. The molecule has 0 spiro atoms. The minimum Gasteiger partial charge on any atom is -0.497 e. The molecule has 0 fully saturated rings. The summed E-state index contributed by atoms with van der Waals surface area (Å²) in [5, 5.41) is 15.2. The van der Waals surface area contributed by atoms with Crippen molar-refractivity contribution in [1.29, 1.82) is 5.26 Å². The average Bonchev–Trinajstić information content (AvgIpc) is 2.81. The highest BCUT2D eigenvalue weighted by Gasteiger charge is 2.15. The molecule has 0 aliphatic heterocycles. The number of rotatable bonds is 8. The van der Waals surface area contributed by atoms with Gasteiger partial charge in [-0.05, 0) is 42.0 Å². The Labute approximate surface area is 190 Å². The molecular formula is C24H24N4O5. The molecule has 0 aliphatic carbocycles. The van der Waals surface area contributed by atoms with Crippen LogP contribution in [0, 0.1) is 18.3 Å². The van der Waals surface area contributed by atoms with Crippen LogP contribution in [0.4, 0.5) is 0 Å². The van der Waals surface area contributed by atoms with Crippen LogP contribution in [0.15, 0.2) is 46.3 Å². The first kappa shape index (κ1) is 23.5. The van der Waals surface area contributed by atoms with Crippen molar-refractivity contribution >= 4 is 22.9 Å². The van der Waals surface area contributed by atoms with Crippen LogP contribution in [0.2, 0.25) is 0 Å². The fraction of sp³-hybridized carbons (Fsp3) is 0.250. The largest absolute Gasteiger partial charge is 0.497 e. The summed E-state index contributed by atoms with van der Waals surface area (Å²) >= 11 is 0. The van der Waals surface area contributed by atoms with E-state index in [1.54, 1.807) is 27.2 Å². The number of amides is 1. The Kier molecular flexibility index (Phi) is 7.43. The summed E-state index contributed by atoms with van der Waals surface area (Å²) in [6.45, 7) is 1.53. The van der Waals surface area contributed by atoms with Crippen molar-refractivity contribution in [3.8, 4) is 17.6 Å². The van der Waals surface area contributed by atoms with Crippen LogP contribution in [-0.2, 0) is 22.7 Å². The van der Waals surface area contributed by atoms with Gasteiger partial charge in [0.25, 0.3) is 11.5 Å². The van der Waals surface area contributed by atoms with Crippen molar-refractivity contribution in [1.82, 2.24) is 9.99 Å². The number of hydrogen-bond donors (Lipinski definition) is 1. The van der Waals surface area contributed by atoms with E-state index >= 15 is 0 Å². The summed E-state index contributed by atoms with van der Waals surface area (Å²) in [6.07, 6.45) is 1.48. The van der Waals surface area contributed by atoms with E-state index in [2.05, 4.69) is 10.5 Å². The van der Waals surface area contributed by atoms with Crippen LogP contribution in [0.3, 0.4) is 0 Å². The van der Waals surface area contributed by atoms with Gasteiger partial charge < -0.3 is 18.8 Å². The van der Waals surface area contributed by atoms with Gasteiger partial charge in [0.05, 0.1) is 27.0 Å². The SMILES string of the molecule is COCc1cc(C)n(CC(=O)N/N=C\c2c(OC)ccc3ccc(OC)cc23)c(=O)c1C#N. The zero-order valence-electron chi connectivity index (χ0n) is 18.8. The lowest BCUT2D eigenvalue weighted by molar-refractivity contribution is -0.121. The Morgan fingerprint density at radius 2 is 1.94 bits per heavy atom. The molecule has 0 saturated carbocycles. The maximum Gasteiger partial charge on any atom is 0.269 e. The second-order valence-corrected chi connectivity index (χ2v) is 7.18. The van der Waals surface area contributed by atoms with Crippen LogP contribution in [-0.4, -0.2) is 38.0 Å². The van der Waals surface area contributed by atoms with Crippen molar-refractivity contribution in [2.75, 3.05) is 21.3 Å². The van der Waals surface area contributed by atoms with Gasteiger partial charge in [0.2, 0.25) is 0 Å². The van der Waals surface area contributed by atoms with E-state index in [0.29, 0.717) is 28.3 Å². The van der Waals surface area contributed by atoms with Crippen LogP contribution in [0.1, 0.15) is 22.4 Å². The molecule has 2 aromatic carbocycles. The average molecular weight is 448 g/mol. The molecule has 0 aliphatic rings. The number of aromatic nitrogens is 1. The molecule has 1 aromatic heterocycles. The molecule has 0 radical (unpaired) electrons. The zero-order valence-corrected chi connectivity index (χ0v) is 18.8. The first-order valence-electron chi connectivity index (χ1n) is 10.0. The number of nitrogens with zero attached hydrogens (tertiary/aromatic N) is 3. The summed E-state index contributed by atoms with van der Waals surface area (Å²) in [5.41, 5.74) is 3.52. The van der Waals surface area contributed by atoms with E-state index in [0.717, 1.165) is 10.8 Å². The zero-order chi connectivity index (χ0) is 24.0. The second kappa shape index (κ2) is 10.4. The third kappa shape index (κ3) is 5.02. The maximum absolute atomic E-state index is 12.7. The van der Waals surface area contributed by atoms with Crippen molar-refractivity contribution < 1.29 is 19.0 Å². The predicted molar refractivity (Wildman–Crippen MR) is 124 cm³/mol. The molecule has 170 valence electrons. The van der Waals surface area contributed by atoms with Crippen LogP contribution in [0.25, 0.3) is 10.8 Å². The first-order chi connectivity index (χ1) is 15.9. The van der Waals surface area contributed by atoms with Crippen LogP contribution in [0.5, 0.6) is 11.5 Å². The third-order valence-corrected chi connectivity index (χ3v) is 5.14. The van der Waals surface area contributed by atoms with E-state index in [-0.39, 0.29) is 18.7 Å². The van der Waals surface area contributed by atoms with Gasteiger partial charge in [-0.3, -0.25) is 9.59 Å². The Morgan fingerprint density at radius 1 is 1.18 bits per heavy atom. The highest BCUT2D eigenvalue weighted by Crippen LogP contribution is 2.29. The molecule has 0 saturated heterocycles. The molecule has 1 amide bonds. The van der Waals surface area contributed by atoms with Crippen molar-refractivity contribution in [3.63, 3.8) is 0 Å². The summed E-state index contributed by atoms with van der Waals surface area (Å²) in [4.78, 5) is 25.2. The Morgan fingerprint density at radius 3 is 2.61 bits per heavy atom. The fourth-order valence-electron chi connectivity index (χ4n) is 3.51. The number of fused-ring (bicyclic) bond motifs is 1. The predicted octanol–water partition coefficient (Wildman–Crippen LogP) is 2.50. The molecule has 0 atom stereocenters. The number of pyridine rings is 1. The number of hydrogen-bond acceptors (Lipinski definition) is 7. The van der Waals surface area contributed by atoms with E-state index in [9.17, 15) is 14.9 Å². The van der Waals surface area contributed by atoms with Gasteiger partial charge in [-0.15, -0.1) is 0 Å². The van der Waals surface area contributed by atoms with Crippen LogP contribution < -0.4 is 20.5 Å². The summed E-state index contributed by atoms with van der Waals surface area (Å²) in [7, 11) is 4.61. The van der Waals surface area contributed by atoms with Gasteiger partial charge in [-0.25, -0.2) is 5.43 Å². The minimum absolute atomic E-state index is 0.0480. The summed E-state index contributed by atoms with van der Waals surface area (Å²) < 4.78 is 17.0. The second-order valence-electron chi connectivity index (χ2n) is 7.18. The Bertz CT molecular complexity index is 1320. The molecule has 9 nitrogen and oxygen atoms in total. The Balaban J connectivity index is 1.85. The number of benzene rings is 2. The molecule has 0 bridgehead atoms. The lowest BCUT2D eigenvalue weighted by Gasteiger charge is -2.12. The van der Waals surface area contributed by atoms with E-state index in [1.165, 1.54) is 17.9 Å². The molecule has 9 heteroatoms. The normalized spacial score (nSPS) is 10.9. The molecule has 3 rings (SSSR count). The van der Waals surface area contributed by atoms with Gasteiger partial charge in [-0.1, -0.05) is 12.1 Å². The number of carbonyl (C=O) groups is 1. The Hall–Kier alpha value is -4.16. The number of nitriles is 1. The van der Waals surface area contributed by atoms with E-state index < -0.39 is 11.5 Å². The van der Waals surface area contributed by atoms with Crippen molar-refractivity contribution in [2.24, 2.45) is 5.10 Å². The molecule has 3 aromatic rings. The number of aryl methyl sites for hydroxylation is 1. The smallest absolute Gasteiger partial charge is 0.269 e. The van der Waals surface area contributed by atoms with Gasteiger partial charge >= 0.3 is 0 Å². The molecule has 1 heterocycles. The van der Waals surface area contributed by atoms with E-state index in [4.69, 9.17) is 14.2 Å². The molecule has 33 heavy (non-hydrogen) atoms. The molecular weight excluding hydrogens is 424 g/mol. The first-order valence-corrected chi connectivity index (χ1v) is 10.0. The van der Waals surface area contributed by atoms with Gasteiger partial charge in [0, 0.05) is 23.9 Å².